The van der Waals surface area contributed by atoms with Gasteiger partial charge < -0.3 is 10.8 Å². The molecule has 0 spiro atoms. The zero-order valence-corrected chi connectivity index (χ0v) is 10.7. The molecule has 0 saturated carbocycles. The summed E-state index contributed by atoms with van der Waals surface area (Å²) in [5.74, 6) is 0.0542. The summed E-state index contributed by atoms with van der Waals surface area (Å²) >= 11 is 0. The van der Waals surface area contributed by atoms with Gasteiger partial charge in [0.15, 0.2) is 0 Å². The topological polar surface area (TPSA) is 59.1 Å². The number of aliphatic hydroxyl groups is 1. The lowest BCUT2D eigenvalue weighted by atomic mass is 9.85. The first-order chi connectivity index (χ1) is 9.02. The minimum Gasteiger partial charge on any atom is -0.383 e. The Morgan fingerprint density at radius 1 is 1.37 bits per heavy atom. The number of aromatic nitrogens is 1. The second kappa shape index (κ2) is 4.03. The van der Waals surface area contributed by atoms with Crippen LogP contribution in [0, 0.1) is 12.7 Å². The molecule has 0 fully saturated rings. The van der Waals surface area contributed by atoms with Crippen molar-refractivity contribution in [2.75, 3.05) is 5.73 Å². The highest BCUT2D eigenvalue weighted by atomic mass is 19.1. The molecule has 1 aliphatic carbocycles. The van der Waals surface area contributed by atoms with Crippen LogP contribution in [0.3, 0.4) is 0 Å². The number of rotatable bonds is 1. The number of halogens is 1. The predicted molar refractivity (Wildman–Crippen MR) is 71.1 cm³/mol. The quantitative estimate of drug-likeness (QED) is 0.825. The Hall–Kier alpha value is -1.94. The molecule has 0 amide bonds. The second-order valence-corrected chi connectivity index (χ2v) is 5.05. The molecule has 1 heterocycles. The number of pyridine rings is 1. The van der Waals surface area contributed by atoms with Crippen LogP contribution < -0.4 is 5.73 Å². The molecule has 3 N–H and O–H groups in total. The molecule has 0 aliphatic heterocycles. The van der Waals surface area contributed by atoms with Crippen LogP contribution >= 0.6 is 0 Å². The van der Waals surface area contributed by atoms with E-state index in [1.54, 1.807) is 12.3 Å². The molecule has 3 rings (SSSR count). The number of nitrogens with zero attached hydrogens (tertiary/aromatic N) is 1. The fourth-order valence-corrected chi connectivity index (χ4v) is 3.00. The van der Waals surface area contributed by atoms with Crippen molar-refractivity contribution in [2.24, 2.45) is 0 Å². The molecule has 19 heavy (non-hydrogen) atoms. The number of nitrogens with two attached hydrogens (primary N) is 1. The molecule has 0 bridgehead atoms. The van der Waals surface area contributed by atoms with Gasteiger partial charge in [-0.25, -0.2) is 9.37 Å². The molecule has 1 aliphatic rings. The molecular formula is C15H15FN2O. The van der Waals surface area contributed by atoms with Gasteiger partial charge in [-0.05, 0) is 54.7 Å². The zero-order valence-electron chi connectivity index (χ0n) is 10.7. The average molecular weight is 258 g/mol. The van der Waals surface area contributed by atoms with E-state index in [1.165, 1.54) is 12.1 Å². The largest absolute Gasteiger partial charge is 0.383 e. The van der Waals surface area contributed by atoms with Crippen molar-refractivity contribution in [3.63, 3.8) is 0 Å². The Morgan fingerprint density at radius 3 is 2.89 bits per heavy atom. The van der Waals surface area contributed by atoms with Gasteiger partial charge in [0.25, 0.3) is 0 Å². The van der Waals surface area contributed by atoms with Crippen LogP contribution in [0.25, 0.3) is 0 Å². The lowest BCUT2D eigenvalue weighted by molar-refractivity contribution is 0.0827. The van der Waals surface area contributed by atoms with Gasteiger partial charge in [0.05, 0.1) is 0 Å². The molecule has 1 unspecified atom stereocenters. The Bertz CT molecular complexity index is 636. The SMILES string of the molecule is Cc1ccnc(N)c1C1(O)CCc2cc(F)ccc21. The van der Waals surface area contributed by atoms with E-state index in [4.69, 9.17) is 5.73 Å². The average Bonchev–Trinajstić information content (AvgIpc) is 2.67. The maximum Gasteiger partial charge on any atom is 0.130 e. The third-order valence-electron chi connectivity index (χ3n) is 3.87. The van der Waals surface area contributed by atoms with E-state index >= 15 is 0 Å². The van der Waals surface area contributed by atoms with Gasteiger partial charge in [-0.1, -0.05) is 6.07 Å². The summed E-state index contributed by atoms with van der Waals surface area (Å²) < 4.78 is 13.3. The van der Waals surface area contributed by atoms with E-state index in [0.717, 1.165) is 16.7 Å². The molecule has 98 valence electrons. The smallest absolute Gasteiger partial charge is 0.130 e. The summed E-state index contributed by atoms with van der Waals surface area (Å²) in [6.07, 6.45) is 2.76. The standard InChI is InChI=1S/C15H15FN2O/c1-9-5-7-18-14(17)13(9)15(19)6-4-10-8-11(16)2-3-12(10)15/h2-3,5,7-8,19H,4,6H2,1H3,(H2,17,18). The monoisotopic (exact) mass is 258 g/mol. The van der Waals surface area contributed by atoms with Crippen LogP contribution in [-0.2, 0) is 12.0 Å². The Morgan fingerprint density at radius 2 is 2.16 bits per heavy atom. The fraction of sp³-hybridized carbons (Fsp3) is 0.267. The van der Waals surface area contributed by atoms with E-state index < -0.39 is 5.60 Å². The number of fused-ring (bicyclic) bond motifs is 1. The normalized spacial score (nSPS) is 21.4. The first-order valence-electron chi connectivity index (χ1n) is 6.25. The van der Waals surface area contributed by atoms with E-state index in [-0.39, 0.29) is 5.82 Å². The molecule has 0 saturated heterocycles. The van der Waals surface area contributed by atoms with Gasteiger partial charge in [0, 0.05) is 11.8 Å². The van der Waals surface area contributed by atoms with Crippen LogP contribution in [0.2, 0.25) is 0 Å². The van der Waals surface area contributed by atoms with Crippen molar-refractivity contribution in [1.29, 1.82) is 0 Å². The molecule has 2 aromatic rings. The van der Waals surface area contributed by atoms with Crippen LogP contribution in [0.4, 0.5) is 10.2 Å². The van der Waals surface area contributed by atoms with E-state index in [2.05, 4.69) is 4.98 Å². The number of aryl methyl sites for hydroxylation is 2. The number of benzene rings is 1. The Labute approximate surface area is 110 Å². The van der Waals surface area contributed by atoms with Crippen LogP contribution in [0.5, 0.6) is 0 Å². The Kier molecular flexibility index (Phi) is 2.57. The molecule has 3 nitrogen and oxygen atoms in total. The van der Waals surface area contributed by atoms with Gasteiger partial charge in [0.2, 0.25) is 0 Å². The molecule has 0 radical (unpaired) electrons. The predicted octanol–water partition coefficient (Wildman–Crippen LogP) is 2.29. The summed E-state index contributed by atoms with van der Waals surface area (Å²) in [5, 5.41) is 11.0. The van der Waals surface area contributed by atoms with Crippen LogP contribution in [-0.4, -0.2) is 10.1 Å². The van der Waals surface area contributed by atoms with E-state index in [0.29, 0.717) is 24.2 Å². The molecule has 4 heteroatoms. The molecular weight excluding hydrogens is 243 g/mol. The number of hydrogen-bond acceptors (Lipinski definition) is 3. The number of hydrogen-bond donors (Lipinski definition) is 2. The van der Waals surface area contributed by atoms with Crippen LogP contribution in [0.1, 0.15) is 28.7 Å². The maximum absolute atomic E-state index is 13.3. The van der Waals surface area contributed by atoms with Crippen LogP contribution in [0.15, 0.2) is 30.5 Å². The number of anilines is 1. The zero-order chi connectivity index (χ0) is 13.6. The van der Waals surface area contributed by atoms with Crippen molar-refractivity contribution in [2.45, 2.75) is 25.4 Å². The summed E-state index contributed by atoms with van der Waals surface area (Å²) in [6, 6.07) is 6.32. The minimum absolute atomic E-state index is 0.279. The van der Waals surface area contributed by atoms with Gasteiger partial charge in [0.1, 0.15) is 17.2 Å². The van der Waals surface area contributed by atoms with Crippen molar-refractivity contribution < 1.29 is 9.50 Å². The van der Waals surface area contributed by atoms with Crippen molar-refractivity contribution in [3.05, 3.63) is 58.5 Å². The third-order valence-corrected chi connectivity index (χ3v) is 3.87. The molecule has 1 aromatic carbocycles. The highest BCUT2D eigenvalue weighted by molar-refractivity contribution is 5.55. The lowest BCUT2D eigenvalue weighted by Crippen LogP contribution is -2.27. The fourth-order valence-electron chi connectivity index (χ4n) is 3.00. The van der Waals surface area contributed by atoms with Crippen molar-refractivity contribution in [1.82, 2.24) is 4.98 Å². The highest BCUT2D eigenvalue weighted by Gasteiger charge is 2.41. The van der Waals surface area contributed by atoms with Crippen molar-refractivity contribution in [3.8, 4) is 0 Å². The van der Waals surface area contributed by atoms with Gasteiger partial charge in [-0.15, -0.1) is 0 Å². The Balaban J connectivity index is 2.22. The molecule has 1 aromatic heterocycles. The summed E-state index contributed by atoms with van der Waals surface area (Å²) in [4.78, 5) is 4.06. The summed E-state index contributed by atoms with van der Waals surface area (Å²) in [6.45, 7) is 1.90. The van der Waals surface area contributed by atoms with Crippen molar-refractivity contribution >= 4 is 5.82 Å². The second-order valence-electron chi connectivity index (χ2n) is 5.05. The van der Waals surface area contributed by atoms with Gasteiger partial charge in [-0.2, -0.15) is 0 Å². The first-order valence-corrected chi connectivity index (χ1v) is 6.25. The third kappa shape index (κ3) is 1.71. The molecule has 1 atom stereocenters. The first kappa shape index (κ1) is 12.1. The lowest BCUT2D eigenvalue weighted by Gasteiger charge is -2.27. The van der Waals surface area contributed by atoms with E-state index in [1.807, 2.05) is 13.0 Å². The summed E-state index contributed by atoms with van der Waals surface area (Å²) in [5.41, 5.74) is 7.87. The van der Waals surface area contributed by atoms with E-state index in [9.17, 15) is 9.50 Å². The summed E-state index contributed by atoms with van der Waals surface area (Å²) in [7, 11) is 0. The van der Waals surface area contributed by atoms with Gasteiger partial charge in [-0.3, -0.25) is 0 Å². The maximum atomic E-state index is 13.3. The highest BCUT2D eigenvalue weighted by Crippen LogP contribution is 2.44. The van der Waals surface area contributed by atoms with Gasteiger partial charge >= 0.3 is 0 Å². The number of nitrogen functional groups attached to an aromatic ring is 1. The minimum atomic E-state index is -1.16.